The smallest absolute Gasteiger partial charge is 0.407 e. The molecule has 172 valence electrons. The lowest BCUT2D eigenvalue weighted by atomic mass is 9.98. The highest BCUT2D eigenvalue weighted by Crippen LogP contribution is 2.44. The van der Waals surface area contributed by atoms with Gasteiger partial charge in [0.1, 0.15) is 6.61 Å². The molecule has 3 aromatic rings. The van der Waals surface area contributed by atoms with Crippen LogP contribution in [0, 0.1) is 11.8 Å². The second kappa shape index (κ2) is 10.4. The summed E-state index contributed by atoms with van der Waals surface area (Å²) in [6.07, 6.45) is 2.14. The molecule has 0 aliphatic heterocycles. The van der Waals surface area contributed by atoms with Crippen molar-refractivity contribution in [3.63, 3.8) is 0 Å². The molecule has 0 saturated carbocycles. The van der Waals surface area contributed by atoms with Gasteiger partial charge in [0, 0.05) is 25.2 Å². The Morgan fingerprint density at radius 3 is 2.35 bits per heavy atom. The zero-order chi connectivity index (χ0) is 23.9. The van der Waals surface area contributed by atoms with Gasteiger partial charge in [-0.2, -0.15) is 0 Å². The van der Waals surface area contributed by atoms with Crippen LogP contribution in [0.15, 0.2) is 61.1 Å². The number of rotatable bonds is 7. The predicted molar refractivity (Wildman–Crippen MR) is 123 cm³/mol. The molecule has 9 heteroatoms. The number of carboxylic acids is 1. The summed E-state index contributed by atoms with van der Waals surface area (Å²) in [6.45, 7) is 0.771. The van der Waals surface area contributed by atoms with Crippen molar-refractivity contribution in [1.82, 2.24) is 20.2 Å². The monoisotopic (exact) mass is 458 g/mol. The quantitative estimate of drug-likeness (QED) is 0.467. The topological polar surface area (TPSA) is 123 Å². The van der Waals surface area contributed by atoms with Crippen LogP contribution in [0.3, 0.4) is 0 Å². The van der Waals surface area contributed by atoms with Crippen LogP contribution in [0.5, 0.6) is 0 Å². The van der Waals surface area contributed by atoms with E-state index in [-0.39, 0.29) is 31.3 Å². The van der Waals surface area contributed by atoms with Crippen LogP contribution >= 0.6 is 0 Å². The minimum atomic E-state index is -1.11. The van der Waals surface area contributed by atoms with Crippen LogP contribution in [0.25, 0.3) is 11.1 Å². The molecule has 1 aliphatic rings. The van der Waals surface area contributed by atoms with E-state index in [0.717, 1.165) is 22.3 Å². The summed E-state index contributed by atoms with van der Waals surface area (Å²) < 4.78 is 6.96. The van der Waals surface area contributed by atoms with E-state index in [9.17, 15) is 14.4 Å². The number of fused-ring (bicyclic) bond motifs is 3. The SMILES string of the molecule is O=C(C#CCNC(=O)OCC1c2ccccc2-c2ccccc21)NCCn1cnc(C(=O)O)c1. The van der Waals surface area contributed by atoms with E-state index < -0.39 is 18.0 Å². The van der Waals surface area contributed by atoms with Gasteiger partial charge < -0.3 is 25.0 Å². The van der Waals surface area contributed by atoms with Gasteiger partial charge in [-0.05, 0) is 28.2 Å². The lowest BCUT2D eigenvalue weighted by Crippen LogP contribution is -2.27. The molecule has 0 radical (unpaired) electrons. The van der Waals surface area contributed by atoms with Crippen LogP contribution in [0.4, 0.5) is 4.79 Å². The Kier molecular flexibility index (Phi) is 6.89. The fourth-order valence-corrected chi connectivity index (χ4v) is 3.83. The lowest BCUT2D eigenvalue weighted by molar-refractivity contribution is -0.115. The molecule has 34 heavy (non-hydrogen) atoms. The van der Waals surface area contributed by atoms with Gasteiger partial charge in [-0.25, -0.2) is 14.6 Å². The molecule has 4 rings (SSSR count). The van der Waals surface area contributed by atoms with Crippen molar-refractivity contribution in [2.45, 2.75) is 12.5 Å². The molecule has 1 aliphatic carbocycles. The molecule has 1 aromatic heterocycles. The fraction of sp³-hybridized carbons (Fsp3) is 0.200. The predicted octanol–water partition coefficient (Wildman–Crippen LogP) is 2.24. The van der Waals surface area contributed by atoms with E-state index >= 15 is 0 Å². The Bertz CT molecular complexity index is 1240. The Labute approximate surface area is 195 Å². The zero-order valence-electron chi connectivity index (χ0n) is 18.2. The highest BCUT2D eigenvalue weighted by molar-refractivity contribution is 5.93. The fourth-order valence-electron chi connectivity index (χ4n) is 3.83. The van der Waals surface area contributed by atoms with E-state index in [1.807, 2.05) is 36.4 Å². The molecule has 1 heterocycles. The van der Waals surface area contributed by atoms with Crippen molar-refractivity contribution >= 4 is 18.0 Å². The molecule has 0 unspecified atom stereocenters. The summed E-state index contributed by atoms with van der Waals surface area (Å²) in [5.41, 5.74) is 4.50. The summed E-state index contributed by atoms with van der Waals surface area (Å²) >= 11 is 0. The second-order valence-electron chi connectivity index (χ2n) is 7.54. The first-order valence-corrected chi connectivity index (χ1v) is 10.6. The molecule has 2 aromatic carbocycles. The number of imidazole rings is 1. The first-order chi connectivity index (χ1) is 16.5. The number of ether oxygens (including phenoxy) is 1. The molecule has 0 saturated heterocycles. The number of nitrogens with one attached hydrogen (secondary N) is 2. The maximum atomic E-state index is 12.1. The van der Waals surface area contributed by atoms with Gasteiger partial charge in [-0.3, -0.25) is 4.79 Å². The molecule has 9 nitrogen and oxygen atoms in total. The Balaban J connectivity index is 1.19. The number of aromatic carboxylic acids is 1. The van der Waals surface area contributed by atoms with Gasteiger partial charge in [0.15, 0.2) is 5.69 Å². The summed E-state index contributed by atoms with van der Waals surface area (Å²) in [5.74, 6) is 3.30. The van der Waals surface area contributed by atoms with Gasteiger partial charge in [0.05, 0.1) is 12.9 Å². The number of carbonyl (C=O) groups is 3. The average molecular weight is 458 g/mol. The molecule has 3 N–H and O–H groups in total. The first-order valence-electron chi connectivity index (χ1n) is 10.6. The van der Waals surface area contributed by atoms with Gasteiger partial charge >= 0.3 is 12.1 Å². The molecule has 0 spiro atoms. The van der Waals surface area contributed by atoms with Crippen molar-refractivity contribution in [3.05, 3.63) is 77.9 Å². The number of benzene rings is 2. The van der Waals surface area contributed by atoms with E-state index in [1.54, 1.807) is 4.57 Å². The standard InChI is InChI=1S/C25H22N4O5/c30-23(26-12-13-29-14-22(24(31)32)28-16-29)10-5-11-27-25(33)34-15-21-19-8-3-1-6-17(19)18-7-2-4-9-20(18)21/h1-4,6-9,14,16,21H,11-13,15H2,(H,26,30)(H,27,33)(H,31,32). The van der Waals surface area contributed by atoms with Crippen LogP contribution in [-0.4, -0.2) is 52.3 Å². The van der Waals surface area contributed by atoms with Crippen molar-refractivity contribution in [2.24, 2.45) is 0 Å². The highest BCUT2D eigenvalue weighted by Gasteiger charge is 2.28. The number of hydrogen-bond donors (Lipinski definition) is 3. The van der Waals surface area contributed by atoms with Crippen LogP contribution in [-0.2, 0) is 16.1 Å². The van der Waals surface area contributed by atoms with Gasteiger partial charge in [0.25, 0.3) is 5.91 Å². The van der Waals surface area contributed by atoms with Crippen LogP contribution in [0.1, 0.15) is 27.5 Å². The van der Waals surface area contributed by atoms with E-state index in [4.69, 9.17) is 9.84 Å². The van der Waals surface area contributed by atoms with Crippen molar-refractivity contribution < 1.29 is 24.2 Å². The summed E-state index contributed by atoms with van der Waals surface area (Å²) in [4.78, 5) is 38.4. The number of nitrogens with zero attached hydrogens (tertiary/aromatic N) is 2. The Hall–Kier alpha value is -4.58. The van der Waals surface area contributed by atoms with Crippen LogP contribution < -0.4 is 10.6 Å². The van der Waals surface area contributed by atoms with E-state index in [1.165, 1.54) is 12.5 Å². The number of aromatic nitrogens is 2. The third-order valence-corrected chi connectivity index (χ3v) is 5.37. The number of carboxylic acid groups (broad SMARTS) is 1. The number of carbonyl (C=O) groups excluding carboxylic acids is 2. The lowest BCUT2D eigenvalue weighted by Gasteiger charge is -2.14. The third-order valence-electron chi connectivity index (χ3n) is 5.37. The van der Waals surface area contributed by atoms with Crippen LogP contribution in [0.2, 0.25) is 0 Å². The van der Waals surface area contributed by atoms with Gasteiger partial charge in [-0.15, -0.1) is 0 Å². The van der Waals surface area contributed by atoms with Crippen molar-refractivity contribution in [3.8, 4) is 23.0 Å². The normalized spacial score (nSPS) is 11.5. The third kappa shape index (κ3) is 5.24. The highest BCUT2D eigenvalue weighted by atomic mass is 16.5. The average Bonchev–Trinajstić information content (AvgIpc) is 3.44. The Morgan fingerprint density at radius 1 is 1.03 bits per heavy atom. The second-order valence-corrected chi connectivity index (χ2v) is 7.54. The number of hydrogen-bond acceptors (Lipinski definition) is 5. The van der Waals surface area contributed by atoms with Crippen molar-refractivity contribution in [2.75, 3.05) is 19.7 Å². The summed E-state index contributed by atoms with van der Waals surface area (Å²) in [6, 6.07) is 16.2. The number of amides is 2. The maximum absolute atomic E-state index is 12.1. The summed E-state index contributed by atoms with van der Waals surface area (Å²) in [5, 5.41) is 13.9. The van der Waals surface area contributed by atoms with Gasteiger partial charge in [0.2, 0.25) is 0 Å². The van der Waals surface area contributed by atoms with E-state index in [0.29, 0.717) is 6.54 Å². The minimum Gasteiger partial charge on any atom is -0.476 e. The first kappa shape index (κ1) is 22.6. The summed E-state index contributed by atoms with van der Waals surface area (Å²) in [7, 11) is 0. The maximum Gasteiger partial charge on any atom is 0.407 e. The van der Waals surface area contributed by atoms with Crippen molar-refractivity contribution in [1.29, 1.82) is 0 Å². The molecule has 0 atom stereocenters. The largest absolute Gasteiger partial charge is 0.476 e. The molecule has 2 amide bonds. The van der Waals surface area contributed by atoms with E-state index in [2.05, 4.69) is 39.6 Å². The van der Waals surface area contributed by atoms with Gasteiger partial charge in [-0.1, -0.05) is 54.5 Å². The Morgan fingerprint density at radius 2 is 1.71 bits per heavy atom. The molecule has 0 fully saturated rings. The minimum absolute atomic E-state index is 0.0305. The molecule has 0 bridgehead atoms. The zero-order valence-corrected chi connectivity index (χ0v) is 18.2. The molecular formula is C25H22N4O5. The molecular weight excluding hydrogens is 436 g/mol. The number of alkyl carbamates (subject to hydrolysis) is 1.